The molecule has 2 heteroatoms. The summed E-state index contributed by atoms with van der Waals surface area (Å²) in [6.45, 7) is 3.92. The van der Waals surface area contributed by atoms with E-state index < -0.39 is 6.89 Å². The van der Waals surface area contributed by atoms with E-state index in [0.29, 0.717) is 0 Å². The van der Waals surface area contributed by atoms with Gasteiger partial charge in [-0.05, 0) is 49.4 Å². The minimum Gasteiger partial charge on any atom is -0.179 e. The van der Waals surface area contributed by atoms with Gasteiger partial charge < -0.3 is 0 Å². The lowest BCUT2D eigenvalue weighted by Crippen LogP contribution is -2.13. The van der Waals surface area contributed by atoms with Crippen LogP contribution in [0.5, 0.6) is 0 Å². The summed E-state index contributed by atoms with van der Waals surface area (Å²) in [6, 6.07) is 0. The highest BCUT2D eigenvalue weighted by atomic mass is 32.1. The summed E-state index contributed by atoms with van der Waals surface area (Å²) in [7, 11) is 0. The lowest BCUT2D eigenvalue weighted by atomic mass is 9.95. The number of rotatable bonds is 5. The van der Waals surface area contributed by atoms with Crippen LogP contribution in [0.4, 0.5) is 0 Å². The van der Waals surface area contributed by atoms with E-state index in [1.54, 1.807) is 0 Å². The van der Waals surface area contributed by atoms with Crippen LogP contribution in [-0.2, 0) is 0 Å². The summed E-state index contributed by atoms with van der Waals surface area (Å²) in [4.78, 5) is 0. The molecule has 0 aromatic carbocycles. The first kappa shape index (κ1) is 12.7. The lowest BCUT2D eigenvalue weighted by molar-refractivity contribution is 0.414. The Morgan fingerprint density at radius 3 is 2.57 bits per heavy atom. The maximum absolute atomic E-state index is 4.44. The van der Waals surface area contributed by atoms with Crippen LogP contribution >= 0.6 is 19.5 Å². The monoisotopic (exact) mass is 232 g/mol. The molecule has 14 heavy (non-hydrogen) atoms. The highest BCUT2D eigenvalue weighted by Gasteiger charge is 2.28. The summed E-state index contributed by atoms with van der Waals surface area (Å²) in [6.07, 6.45) is 12.9. The summed E-state index contributed by atoms with van der Waals surface area (Å²) < 4.78 is 0. The number of hydrogen-bond acceptors (Lipinski definition) is 1. The molecule has 1 rings (SSSR count). The predicted octanol–water partition coefficient (Wildman–Crippen LogP) is 3.82. The molecule has 3 unspecified atom stereocenters. The van der Waals surface area contributed by atoms with Gasteiger partial charge in [0.25, 0.3) is 0 Å². The van der Waals surface area contributed by atoms with Crippen LogP contribution < -0.4 is 0 Å². The average Bonchev–Trinajstić information content (AvgIpc) is 2.53. The Bertz CT molecular complexity index is 212. The standard InChI is InChI=1S/C12H25PS/c1-4-13(2,3)10-12-7-5-6-11(12)8-9-14/h11-12,14H,2,4-10H2,1,3H3. The summed E-state index contributed by atoms with van der Waals surface area (Å²) in [5.74, 6) is 3.03. The van der Waals surface area contributed by atoms with Gasteiger partial charge in [-0.3, -0.25) is 0 Å². The van der Waals surface area contributed by atoms with Crippen LogP contribution in [0.2, 0.25) is 0 Å². The van der Waals surface area contributed by atoms with Crippen molar-refractivity contribution in [2.75, 3.05) is 24.7 Å². The zero-order valence-electron chi connectivity index (χ0n) is 9.71. The fourth-order valence-corrected chi connectivity index (χ4v) is 4.80. The van der Waals surface area contributed by atoms with E-state index >= 15 is 0 Å². The largest absolute Gasteiger partial charge is 0.179 e. The molecule has 0 radical (unpaired) electrons. The first-order valence-corrected chi connectivity index (χ1v) is 9.31. The Hall–Kier alpha value is 0.650. The quantitative estimate of drug-likeness (QED) is 0.540. The third kappa shape index (κ3) is 3.66. The number of thiol groups is 1. The minimum atomic E-state index is -0.809. The van der Waals surface area contributed by atoms with Crippen LogP contribution in [0.25, 0.3) is 0 Å². The molecule has 1 aliphatic carbocycles. The molecular weight excluding hydrogens is 207 g/mol. The Morgan fingerprint density at radius 1 is 1.36 bits per heavy atom. The van der Waals surface area contributed by atoms with E-state index in [1.165, 1.54) is 38.0 Å². The van der Waals surface area contributed by atoms with Gasteiger partial charge in [0, 0.05) is 0 Å². The molecule has 0 bridgehead atoms. The Kier molecular flexibility index (Phi) is 5.14. The van der Waals surface area contributed by atoms with Gasteiger partial charge in [0.15, 0.2) is 0 Å². The lowest BCUT2D eigenvalue weighted by Gasteiger charge is -2.26. The van der Waals surface area contributed by atoms with Crippen molar-refractivity contribution in [3.05, 3.63) is 0 Å². The second kappa shape index (κ2) is 5.66. The van der Waals surface area contributed by atoms with Gasteiger partial charge in [0.1, 0.15) is 0 Å². The van der Waals surface area contributed by atoms with Crippen molar-refractivity contribution >= 4 is 25.8 Å². The fraction of sp³-hybridized carbons (Fsp3) is 0.917. The molecule has 0 amide bonds. The van der Waals surface area contributed by atoms with Crippen molar-refractivity contribution in [2.24, 2.45) is 11.8 Å². The summed E-state index contributed by atoms with van der Waals surface area (Å²) in [5.41, 5.74) is 0. The van der Waals surface area contributed by atoms with Gasteiger partial charge in [-0.25, -0.2) is 0 Å². The van der Waals surface area contributed by atoms with Crippen LogP contribution in [0, 0.1) is 11.8 Å². The van der Waals surface area contributed by atoms with Gasteiger partial charge in [0.05, 0.1) is 0 Å². The Labute approximate surface area is 95.2 Å². The van der Waals surface area contributed by atoms with Crippen molar-refractivity contribution in [3.8, 4) is 0 Å². The predicted molar refractivity (Wildman–Crippen MR) is 74.7 cm³/mol. The molecule has 0 saturated heterocycles. The molecule has 0 spiro atoms. The molecule has 0 heterocycles. The molecule has 0 aromatic heterocycles. The van der Waals surface area contributed by atoms with E-state index in [9.17, 15) is 0 Å². The molecule has 1 saturated carbocycles. The van der Waals surface area contributed by atoms with Crippen molar-refractivity contribution < 1.29 is 0 Å². The normalized spacial score (nSPS) is 31.6. The van der Waals surface area contributed by atoms with E-state index in [1.807, 2.05) is 0 Å². The zero-order valence-corrected chi connectivity index (χ0v) is 11.5. The fourth-order valence-electron chi connectivity index (χ4n) is 2.60. The second-order valence-corrected chi connectivity index (χ2v) is 9.77. The Morgan fingerprint density at radius 2 is 2.00 bits per heavy atom. The molecule has 0 N–H and O–H groups in total. The van der Waals surface area contributed by atoms with Crippen molar-refractivity contribution in [1.82, 2.24) is 0 Å². The molecule has 1 fully saturated rings. The topological polar surface area (TPSA) is 0 Å². The first-order chi connectivity index (χ1) is 6.59. The smallest absolute Gasteiger partial charge is 0.00952 e. The van der Waals surface area contributed by atoms with Crippen molar-refractivity contribution in [2.45, 2.75) is 32.6 Å². The molecule has 0 nitrogen and oxygen atoms in total. The third-order valence-electron chi connectivity index (χ3n) is 3.76. The molecule has 0 aliphatic heterocycles. The van der Waals surface area contributed by atoms with Crippen LogP contribution in [0.3, 0.4) is 0 Å². The molecule has 0 aromatic rings. The highest BCUT2D eigenvalue weighted by molar-refractivity contribution is 7.80. The summed E-state index contributed by atoms with van der Waals surface area (Å²) in [5, 5.41) is 0. The maximum atomic E-state index is 4.44. The van der Waals surface area contributed by atoms with Crippen molar-refractivity contribution in [1.29, 1.82) is 0 Å². The van der Waals surface area contributed by atoms with Crippen LogP contribution in [0.1, 0.15) is 32.6 Å². The van der Waals surface area contributed by atoms with E-state index in [0.717, 1.165) is 17.6 Å². The van der Waals surface area contributed by atoms with Gasteiger partial charge in [0.2, 0.25) is 0 Å². The van der Waals surface area contributed by atoms with Crippen LogP contribution in [-0.4, -0.2) is 31.0 Å². The number of hydrogen-bond donors (Lipinski definition) is 1. The second-order valence-electron chi connectivity index (χ2n) is 5.08. The van der Waals surface area contributed by atoms with Gasteiger partial charge in [-0.15, -0.1) is 13.2 Å². The van der Waals surface area contributed by atoms with E-state index in [2.05, 4.69) is 32.5 Å². The minimum absolute atomic E-state index is 0.809. The van der Waals surface area contributed by atoms with Crippen molar-refractivity contribution in [3.63, 3.8) is 0 Å². The van der Waals surface area contributed by atoms with Gasteiger partial charge in [-0.2, -0.15) is 12.6 Å². The zero-order chi connectivity index (χ0) is 10.6. The first-order valence-electron chi connectivity index (χ1n) is 5.89. The highest BCUT2D eigenvalue weighted by Crippen LogP contribution is 2.48. The van der Waals surface area contributed by atoms with Gasteiger partial charge in [-0.1, -0.05) is 19.8 Å². The maximum Gasteiger partial charge on any atom is -0.00952 e. The average molecular weight is 232 g/mol. The summed E-state index contributed by atoms with van der Waals surface area (Å²) >= 11 is 4.36. The third-order valence-corrected chi connectivity index (χ3v) is 6.89. The SMILES string of the molecule is C=P(C)(CC)CC1CCCC1CCS. The van der Waals surface area contributed by atoms with E-state index in [-0.39, 0.29) is 0 Å². The Balaban J connectivity index is 2.47. The molecular formula is C12H25PS. The molecule has 3 atom stereocenters. The molecule has 1 aliphatic rings. The van der Waals surface area contributed by atoms with Gasteiger partial charge >= 0.3 is 0 Å². The molecule has 84 valence electrons. The van der Waals surface area contributed by atoms with E-state index in [4.69, 9.17) is 0 Å². The van der Waals surface area contributed by atoms with Crippen LogP contribution in [0.15, 0.2) is 0 Å².